The van der Waals surface area contributed by atoms with Crippen LogP contribution in [-0.4, -0.2) is 65.9 Å². The Balaban J connectivity index is 1.05. The number of carbonyl (C=O) groups excluding carboxylic acids is 2. The van der Waals surface area contributed by atoms with Crippen molar-refractivity contribution in [1.29, 1.82) is 0 Å². The summed E-state index contributed by atoms with van der Waals surface area (Å²) in [6, 6.07) is 34.9. The Hall–Kier alpha value is -5.45. The van der Waals surface area contributed by atoms with Crippen molar-refractivity contribution in [2.45, 2.75) is 36.9 Å². The van der Waals surface area contributed by atoms with E-state index in [2.05, 4.69) is 26.3 Å². The lowest BCUT2D eigenvalue weighted by atomic mass is 9.84. The van der Waals surface area contributed by atoms with Gasteiger partial charge in [-0.2, -0.15) is 0 Å². The Kier molecular flexibility index (Phi) is 10.4. The minimum absolute atomic E-state index is 0.0120. The lowest BCUT2D eigenvalue weighted by Crippen LogP contribution is -2.51. The van der Waals surface area contributed by atoms with Crippen LogP contribution in [0.1, 0.15) is 39.5 Å². The molecule has 3 amide bonds. The number of carboxylic acid groups (broad SMARTS) is 1. The number of H-pyrrole nitrogens is 1. The molecule has 48 heavy (non-hydrogen) atoms. The number of hydrogen-bond acceptors (Lipinski definition) is 5. The Morgan fingerprint density at radius 1 is 0.854 bits per heavy atom. The highest BCUT2D eigenvalue weighted by Crippen LogP contribution is 2.30. The summed E-state index contributed by atoms with van der Waals surface area (Å²) in [5, 5.41) is 22.7. The first-order valence-electron chi connectivity index (χ1n) is 16.1. The maximum absolute atomic E-state index is 13.9. The second-order valence-electron chi connectivity index (χ2n) is 12.0. The molecular formula is C38H39N5O5. The Morgan fingerprint density at radius 3 is 2.19 bits per heavy atom. The van der Waals surface area contributed by atoms with Gasteiger partial charge in [-0.3, -0.25) is 9.59 Å². The van der Waals surface area contributed by atoms with Crippen molar-refractivity contribution in [3.8, 4) is 0 Å². The summed E-state index contributed by atoms with van der Waals surface area (Å²) in [7, 11) is 0. The van der Waals surface area contributed by atoms with Gasteiger partial charge in [-0.1, -0.05) is 97.1 Å². The second-order valence-corrected chi connectivity index (χ2v) is 12.0. The molecule has 3 atom stereocenters. The molecule has 0 radical (unpaired) electrons. The topological polar surface area (TPSA) is 145 Å². The molecule has 0 unspecified atom stereocenters. The molecule has 0 spiro atoms. The number of hydrogen-bond donors (Lipinski definition) is 6. The number of ether oxygens (including phenoxy) is 1. The fourth-order valence-electron chi connectivity index (χ4n) is 6.21. The van der Waals surface area contributed by atoms with E-state index in [1.807, 2.05) is 115 Å². The van der Waals surface area contributed by atoms with Crippen LogP contribution in [-0.2, 0) is 16.0 Å². The van der Waals surface area contributed by atoms with E-state index >= 15 is 0 Å². The van der Waals surface area contributed by atoms with Gasteiger partial charge < -0.3 is 36.1 Å². The third kappa shape index (κ3) is 8.09. The number of fused-ring (bicyclic) bond motifs is 1. The molecule has 1 saturated heterocycles. The first kappa shape index (κ1) is 32.5. The van der Waals surface area contributed by atoms with Crippen molar-refractivity contribution in [2.24, 2.45) is 0 Å². The van der Waals surface area contributed by atoms with Gasteiger partial charge in [-0.05, 0) is 47.7 Å². The number of rotatable bonds is 12. The van der Waals surface area contributed by atoms with Gasteiger partial charge in [0, 0.05) is 41.6 Å². The Labute approximate surface area is 278 Å². The highest BCUT2D eigenvalue weighted by Gasteiger charge is 2.33. The SMILES string of the molecule is O=C(O)N[C@H](C(=O)Nc1ccccc1CC[C@@H]1CN[C@H](CNC(=O)c2cc3ccccc3[nH]2)CO1)C(c1ccccc1)c1ccccc1. The first-order valence-corrected chi connectivity index (χ1v) is 16.1. The maximum atomic E-state index is 13.9. The minimum atomic E-state index is -1.28. The van der Waals surface area contributed by atoms with E-state index in [1.165, 1.54) is 0 Å². The zero-order chi connectivity index (χ0) is 33.3. The minimum Gasteiger partial charge on any atom is -0.465 e. The number of morpholine rings is 1. The second kappa shape index (κ2) is 15.4. The average molecular weight is 646 g/mol. The average Bonchev–Trinajstić information content (AvgIpc) is 3.56. The molecule has 1 fully saturated rings. The summed E-state index contributed by atoms with van der Waals surface area (Å²) >= 11 is 0. The van der Waals surface area contributed by atoms with E-state index in [9.17, 15) is 19.5 Å². The van der Waals surface area contributed by atoms with Gasteiger partial charge in [0.2, 0.25) is 5.91 Å². The summed E-state index contributed by atoms with van der Waals surface area (Å²) in [6.45, 7) is 1.52. The first-order chi connectivity index (χ1) is 23.4. The van der Waals surface area contributed by atoms with Crippen molar-refractivity contribution in [3.05, 3.63) is 138 Å². The van der Waals surface area contributed by atoms with Gasteiger partial charge in [0.1, 0.15) is 11.7 Å². The van der Waals surface area contributed by atoms with Crippen LogP contribution in [0.5, 0.6) is 0 Å². The number of carbonyl (C=O) groups is 3. The zero-order valence-corrected chi connectivity index (χ0v) is 26.4. The third-order valence-electron chi connectivity index (χ3n) is 8.67. The van der Waals surface area contributed by atoms with Crippen molar-refractivity contribution >= 4 is 34.5 Å². The van der Waals surface area contributed by atoms with E-state index < -0.39 is 24.0 Å². The number of para-hydroxylation sites is 2. The predicted molar refractivity (Wildman–Crippen MR) is 185 cm³/mol. The molecule has 1 aromatic heterocycles. The number of anilines is 1. The summed E-state index contributed by atoms with van der Waals surface area (Å²) in [5.74, 6) is -1.15. The fourth-order valence-corrected chi connectivity index (χ4v) is 6.21. The van der Waals surface area contributed by atoms with Gasteiger partial charge in [0.25, 0.3) is 5.91 Å². The number of benzene rings is 4. The fraction of sp³-hybridized carbons (Fsp3) is 0.237. The van der Waals surface area contributed by atoms with Crippen LogP contribution >= 0.6 is 0 Å². The third-order valence-corrected chi connectivity index (χ3v) is 8.67. The highest BCUT2D eigenvalue weighted by atomic mass is 16.5. The van der Waals surface area contributed by atoms with E-state index in [0.717, 1.165) is 27.6 Å². The van der Waals surface area contributed by atoms with E-state index in [0.29, 0.717) is 43.9 Å². The summed E-state index contributed by atoms with van der Waals surface area (Å²) in [4.78, 5) is 41.7. The smallest absolute Gasteiger partial charge is 0.405 e. The van der Waals surface area contributed by atoms with Gasteiger partial charge >= 0.3 is 6.09 Å². The van der Waals surface area contributed by atoms with Crippen molar-refractivity contribution in [2.75, 3.05) is 25.0 Å². The van der Waals surface area contributed by atoms with Crippen molar-refractivity contribution in [3.63, 3.8) is 0 Å². The molecule has 5 aromatic rings. The Bertz CT molecular complexity index is 1760. The summed E-state index contributed by atoms with van der Waals surface area (Å²) in [6.07, 6.45) is 0.0264. The molecule has 10 heteroatoms. The molecule has 0 bridgehead atoms. The van der Waals surface area contributed by atoms with Crippen LogP contribution < -0.4 is 21.3 Å². The molecule has 4 aromatic carbocycles. The highest BCUT2D eigenvalue weighted by molar-refractivity contribution is 5.99. The number of aromatic amines is 1. The largest absolute Gasteiger partial charge is 0.465 e. The lowest BCUT2D eigenvalue weighted by molar-refractivity contribution is -0.118. The van der Waals surface area contributed by atoms with Crippen LogP contribution in [0.15, 0.2) is 115 Å². The standard InChI is InChI=1S/C38H39N5O5/c44-36(33-21-28-16-8-10-18-32(28)41-33)40-22-29-24-48-30(23-39-29)20-19-25-11-7-9-17-31(25)42-37(45)35(43-38(46)47)34(26-12-3-1-4-13-26)27-14-5-2-6-15-27/h1-18,21,29-30,34-35,39,41,43H,19-20,22-24H2,(H,40,44)(H,42,45)(H,46,47)/t29-,30-,35+/m1/s1. The predicted octanol–water partition coefficient (Wildman–Crippen LogP) is 5.29. The zero-order valence-electron chi connectivity index (χ0n) is 26.4. The van der Waals surface area contributed by atoms with Crippen LogP contribution in [0.3, 0.4) is 0 Å². The number of aryl methyl sites for hydroxylation is 1. The molecule has 1 aliphatic heterocycles. The van der Waals surface area contributed by atoms with E-state index in [1.54, 1.807) is 0 Å². The van der Waals surface area contributed by atoms with Crippen LogP contribution in [0.25, 0.3) is 10.9 Å². The van der Waals surface area contributed by atoms with E-state index in [4.69, 9.17) is 4.74 Å². The lowest BCUT2D eigenvalue weighted by Gasteiger charge is -2.31. The Morgan fingerprint density at radius 2 is 1.52 bits per heavy atom. The number of nitrogens with one attached hydrogen (secondary N) is 5. The monoisotopic (exact) mass is 645 g/mol. The molecule has 1 aliphatic rings. The number of aromatic nitrogens is 1. The number of amides is 3. The molecule has 6 rings (SSSR count). The summed E-state index contributed by atoms with van der Waals surface area (Å²) < 4.78 is 6.15. The molecule has 246 valence electrons. The molecule has 0 saturated carbocycles. The molecule has 6 N–H and O–H groups in total. The molecule has 10 nitrogen and oxygen atoms in total. The van der Waals surface area contributed by atoms with Gasteiger partial charge in [-0.25, -0.2) is 4.79 Å². The van der Waals surface area contributed by atoms with Crippen molar-refractivity contribution < 1.29 is 24.2 Å². The van der Waals surface area contributed by atoms with Gasteiger partial charge in [0.05, 0.1) is 12.7 Å². The van der Waals surface area contributed by atoms with Gasteiger partial charge in [0.15, 0.2) is 0 Å². The normalized spacial score (nSPS) is 16.7. The van der Waals surface area contributed by atoms with Gasteiger partial charge in [-0.15, -0.1) is 0 Å². The summed E-state index contributed by atoms with van der Waals surface area (Å²) in [5.41, 5.74) is 4.64. The van der Waals surface area contributed by atoms with Crippen LogP contribution in [0.4, 0.5) is 10.5 Å². The van der Waals surface area contributed by atoms with Crippen molar-refractivity contribution in [1.82, 2.24) is 20.9 Å². The van der Waals surface area contributed by atoms with Crippen LogP contribution in [0, 0.1) is 0 Å². The molecule has 2 heterocycles. The van der Waals surface area contributed by atoms with Crippen LogP contribution in [0.2, 0.25) is 0 Å². The molecule has 0 aliphatic carbocycles. The molecular weight excluding hydrogens is 606 g/mol. The maximum Gasteiger partial charge on any atom is 0.405 e. The van der Waals surface area contributed by atoms with E-state index in [-0.39, 0.29) is 18.1 Å². The quantitative estimate of drug-likeness (QED) is 0.109.